The number of esters is 1. The van der Waals surface area contributed by atoms with Gasteiger partial charge in [-0.25, -0.2) is 14.8 Å². The highest BCUT2D eigenvalue weighted by atomic mass is 32.1. The van der Waals surface area contributed by atoms with E-state index >= 15 is 0 Å². The van der Waals surface area contributed by atoms with E-state index in [9.17, 15) is 4.79 Å². The fraction of sp³-hybridized carbons (Fsp3) is 0.412. The maximum atomic E-state index is 12.0. The van der Waals surface area contributed by atoms with Crippen LogP contribution >= 0.6 is 11.3 Å². The Morgan fingerprint density at radius 3 is 2.56 bits per heavy atom. The minimum absolute atomic E-state index is 0.0513. The Bertz CT molecular complexity index is 941. The molecule has 3 aromatic heterocycles. The fourth-order valence-corrected chi connectivity index (χ4v) is 4.17. The van der Waals surface area contributed by atoms with Gasteiger partial charge in [0.15, 0.2) is 0 Å². The summed E-state index contributed by atoms with van der Waals surface area (Å²) in [7, 11) is 1.38. The summed E-state index contributed by atoms with van der Waals surface area (Å²) < 4.78 is 10.1. The first-order valence-electron chi connectivity index (χ1n) is 7.88. The van der Waals surface area contributed by atoms with Crippen LogP contribution in [0.4, 0.5) is 5.82 Å². The first-order valence-corrected chi connectivity index (χ1v) is 8.70. The number of hydrogen-bond donors (Lipinski definition) is 1. The molecule has 3 rings (SSSR count). The summed E-state index contributed by atoms with van der Waals surface area (Å²) in [6.07, 6.45) is 0. The van der Waals surface area contributed by atoms with Crippen molar-refractivity contribution in [2.75, 3.05) is 12.4 Å². The Kier molecular flexibility index (Phi) is 4.47. The fourth-order valence-electron chi connectivity index (χ4n) is 3.02. The molecule has 0 bridgehead atoms. The highest BCUT2D eigenvalue weighted by molar-refractivity contribution is 7.20. The SMILES string of the molecule is COC(=O)c1sc2nc(C)nc(NC(C)c3c(C)noc3C)c2c1C. The normalized spacial score (nSPS) is 12.4. The third-order valence-electron chi connectivity index (χ3n) is 4.15. The lowest BCUT2D eigenvalue weighted by Crippen LogP contribution is -2.11. The van der Waals surface area contributed by atoms with E-state index in [1.54, 1.807) is 0 Å². The Hall–Kier alpha value is -2.48. The molecule has 0 aliphatic heterocycles. The number of nitrogens with zero attached hydrogens (tertiary/aromatic N) is 3. The molecule has 0 amide bonds. The standard InChI is InChI=1S/C17H20N4O3S/c1-7-12-15(18-8(2)13-9(3)21-24-10(13)4)19-11(5)20-16(12)25-14(7)17(22)23-6/h8H,1-6H3,(H,18,19,20). The molecule has 7 nitrogen and oxygen atoms in total. The molecule has 0 aliphatic rings. The molecular formula is C17H20N4O3S. The number of carbonyl (C=O) groups excluding carboxylic acids is 1. The van der Waals surface area contributed by atoms with E-state index in [0.717, 1.165) is 32.8 Å². The summed E-state index contributed by atoms with van der Waals surface area (Å²) in [5, 5.41) is 8.27. The highest BCUT2D eigenvalue weighted by Crippen LogP contribution is 2.36. The largest absolute Gasteiger partial charge is 0.465 e. The third-order valence-corrected chi connectivity index (χ3v) is 5.31. The number of fused-ring (bicyclic) bond motifs is 1. The number of aromatic nitrogens is 3. The summed E-state index contributed by atoms with van der Waals surface area (Å²) in [5.41, 5.74) is 2.67. The molecule has 25 heavy (non-hydrogen) atoms. The van der Waals surface area contributed by atoms with Gasteiger partial charge >= 0.3 is 5.97 Å². The van der Waals surface area contributed by atoms with Crippen LogP contribution < -0.4 is 5.32 Å². The van der Waals surface area contributed by atoms with Gasteiger partial charge in [-0.3, -0.25) is 0 Å². The van der Waals surface area contributed by atoms with Crippen LogP contribution in [0.2, 0.25) is 0 Å². The first-order chi connectivity index (χ1) is 11.8. The summed E-state index contributed by atoms with van der Waals surface area (Å²) in [5.74, 6) is 1.75. The number of aryl methyl sites for hydroxylation is 4. The van der Waals surface area contributed by atoms with Crippen LogP contribution in [0.25, 0.3) is 10.2 Å². The average molecular weight is 360 g/mol. The second-order valence-corrected chi connectivity index (χ2v) is 6.95. The number of methoxy groups -OCH3 is 1. The minimum atomic E-state index is -0.358. The third kappa shape index (κ3) is 2.97. The zero-order valence-corrected chi connectivity index (χ0v) is 15.9. The predicted octanol–water partition coefficient (Wildman–Crippen LogP) is 3.87. The average Bonchev–Trinajstić information content (AvgIpc) is 3.06. The molecule has 0 saturated heterocycles. The molecule has 0 aliphatic carbocycles. The van der Waals surface area contributed by atoms with Crippen LogP contribution in [0.1, 0.15) is 51.0 Å². The second kappa shape index (κ2) is 6.44. The molecule has 1 N–H and O–H groups in total. The van der Waals surface area contributed by atoms with Gasteiger partial charge in [0.2, 0.25) is 0 Å². The van der Waals surface area contributed by atoms with Crippen molar-refractivity contribution in [3.63, 3.8) is 0 Å². The maximum Gasteiger partial charge on any atom is 0.348 e. The lowest BCUT2D eigenvalue weighted by molar-refractivity contribution is 0.0605. The molecule has 0 radical (unpaired) electrons. The molecule has 3 aromatic rings. The van der Waals surface area contributed by atoms with E-state index in [1.165, 1.54) is 18.4 Å². The van der Waals surface area contributed by atoms with E-state index in [4.69, 9.17) is 9.26 Å². The summed E-state index contributed by atoms with van der Waals surface area (Å²) in [6.45, 7) is 9.54. The summed E-state index contributed by atoms with van der Waals surface area (Å²) >= 11 is 1.32. The van der Waals surface area contributed by atoms with Crippen molar-refractivity contribution >= 4 is 33.3 Å². The molecule has 8 heteroatoms. The van der Waals surface area contributed by atoms with Gasteiger partial charge in [0, 0.05) is 5.56 Å². The molecule has 0 fully saturated rings. The van der Waals surface area contributed by atoms with Gasteiger partial charge in [-0.1, -0.05) is 5.16 Å². The quantitative estimate of drug-likeness (QED) is 0.706. The zero-order chi connectivity index (χ0) is 18.3. The first kappa shape index (κ1) is 17.3. The van der Waals surface area contributed by atoms with Crippen molar-refractivity contribution < 1.29 is 14.1 Å². The van der Waals surface area contributed by atoms with E-state index < -0.39 is 0 Å². The van der Waals surface area contributed by atoms with Crippen LogP contribution in [0, 0.1) is 27.7 Å². The molecule has 0 aromatic carbocycles. The number of thiophene rings is 1. The smallest absolute Gasteiger partial charge is 0.348 e. The van der Waals surface area contributed by atoms with Crippen LogP contribution in [-0.4, -0.2) is 28.2 Å². The van der Waals surface area contributed by atoms with Gasteiger partial charge in [-0.15, -0.1) is 11.3 Å². The van der Waals surface area contributed by atoms with E-state index in [1.807, 2.05) is 34.6 Å². The van der Waals surface area contributed by atoms with E-state index in [2.05, 4.69) is 20.4 Å². The molecule has 1 unspecified atom stereocenters. The Labute approximate surface area is 149 Å². The van der Waals surface area contributed by atoms with Crippen molar-refractivity contribution in [3.05, 3.63) is 33.3 Å². The lowest BCUT2D eigenvalue weighted by Gasteiger charge is -2.16. The van der Waals surface area contributed by atoms with Gasteiger partial charge in [0.25, 0.3) is 0 Å². The van der Waals surface area contributed by atoms with Gasteiger partial charge in [-0.05, 0) is 40.2 Å². The summed E-state index contributed by atoms with van der Waals surface area (Å²) in [4.78, 5) is 22.3. The Balaban J connectivity index is 2.09. The van der Waals surface area contributed by atoms with Crippen LogP contribution in [0.3, 0.4) is 0 Å². The lowest BCUT2D eigenvalue weighted by atomic mass is 10.1. The van der Waals surface area contributed by atoms with Crippen molar-refractivity contribution in [2.45, 2.75) is 40.7 Å². The number of ether oxygens (including phenoxy) is 1. The maximum absolute atomic E-state index is 12.0. The van der Waals surface area contributed by atoms with Crippen molar-refractivity contribution in [2.24, 2.45) is 0 Å². The topological polar surface area (TPSA) is 90.1 Å². The van der Waals surface area contributed by atoms with Gasteiger partial charge < -0.3 is 14.6 Å². The Morgan fingerprint density at radius 2 is 1.96 bits per heavy atom. The number of hydrogen-bond acceptors (Lipinski definition) is 8. The van der Waals surface area contributed by atoms with Gasteiger partial charge in [0.1, 0.15) is 27.1 Å². The number of rotatable bonds is 4. The summed E-state index contributed by atoms with van der Waals surface area (Å²) in [6, 6.07) is -0.0513. The second-order valence-electron chi connectivity index (χ2n) is 5.95. The molecule has 0 spiro atoms. The van der Waals surface area contributed by atoms with Gasteiger partial charge in [0.05, 0.1) is 24.2 Å². The molecule has 1 atom stereocenters. The number of carbonyl (C=O) groups is 1. The number of nitrogens with one attached hydrogen (secondary N) is 1. The van der Waals surface area contributed by atoms with Crippen LogP contribution in [0.5, 0.6) is 0 Å². The predicted molar refractivity (Wildman–Crippen MR) is 96.2 cm³/mol. The molecule has 3 heterocycles. The van der Waals surface area contributed by atoms with Crippen LogP contribution in [-0.2, 0) is 4.74 Å². The van der Waals surface area contributed by atoms with E-state index in [0.29, 0.717) is 16.5 Å². The van der Waals surface area contributed by atoms with Crippen molar-refractivity contribution in [1.29, 1.82) is 0 Å². The van der Waals surface area contributed by atoms with Gasteiger partial charge in [-0.2, -0.15) is 0 Å². The number of anilines is 1. The molecular weight excluding hydrogens is 340 g/mol. The van der Waals surface area contributed by atoms with Crippen LogP contribution in [0.15, 0.2) is 4.52 Å². The van der Waals surface area contributed by atoms with Crippen molar-refractivity contribution in [1.82, 2.24) is 15.1 Å². The Morgan fingerprint density at radius 1 is 1.24 bits per heavy atom. The monoisotopic (exact) mass is 360 g/mol. The molecule has 0 saturated carbocycles. The van der Waals surface area contributed by atoms with Crippen molar-refractivity contribution in [3.8, 4) is 0 Å². The molecule has 132 valence electrons. The minimum Gasteiger partial charge on any atom is -0.465 e. The highest BCUT2D eigenvalue weighted by Gasteiger charge is 2.23. The van der Waals surface area contributed by atoms with E-state index in [-0.39, 0.29) is 12.0 Å². The zero-order valence-electron chi connectivity index (χ0n) is 15.1.